The first kappa shape index (κ1) is 18.3. The largest absolute Gasteiger partial charge is 0.462 e. The van der Waals surface area contributed by atoms with Crippen molar-refractivity contribution in [3.63, 3.8) is 0 Å². The van der Waals surface area contributed by atoms with Gasteiger partial charge >= 0.3 is 5.97 Å². The summed E-state index contributed by atoms with van der Waals surface area (Å²) in [5, 5.41) is 0.324. The highest BCUT2D eigenvalue weighted by Crippen LogP contribution is 2.31. The minimum Gasteiger partial charge on any atom is -0.462 e. The van der Waals surface area contributed by atoms with Crippen molar-refractivity contribution in [2.45, 2.75) is 13.3 Å². The predicted molar refractivity (Wildman–Crippen MR) is 108 cm³/mol. The van der Waals surface area contributed by atoms with E-state index in [9.17, 15) is 9.59 Å². The van der Waals surface area contributed by atoms with Gasteiger partial charge in [-0.25, -0.2) is 4.79 Å². The van der Waals surface area contributed by atoms with Crippen LogP contribution in [0.5, 0.6) is 0 Å². The number of hydrogen-bond donors (Lipinski definition) is 0. The first-order chi connectivity index (χ1) is 13.6. The summed E-state index contributed by atoms with van der Waals surface area (Å²) < 4.78 is 10.9. The minimum atomic E-state index is -0.474. The van der Waals surface area contributed by atoms with Gasteiger partial charge in [0.1, 0.15) is 11.5 Å². The second kappa shape index (κ2) is 7.49. The average molecular weight is 393 g/mol. The van der Waals surface area contributed by atoms with Crippen molar-refractivity contribution in [1.82, 2.24) is 0 Å². The lowest BCUT2D eigenvalue weighted by Gasteiger charge is -2.06. The molecule has 4 rings (SSSR count). The molecule has 140 valence electrons. The lowest BCUT2D eigenvalue weighted by molar-refractivity contribution is 0.0526. The van der Waals surface area contributed by atoms with Crippen molar-refractivity contribution in [3.05, 3.63) is 87.6 Å². The van der Waals surface area contributed by atoms with Crippen LogP contribution < -0.4 is 0 Å². The number of fused-ring (bicyclic) bond motifs is 1. The Hall–Kier alpha value is -3.11. The van der Waals surface area contributed by atoms with E-state index in [2.05, 4.69) is 0 Å². The molecule has 2 aromatic carbocycles. The number of esters is 1. The Balaban J connectivity index is 1.62. The normalized spacial score (nSPS) is 14.4. The molecule has 0 aliphatic heterocycles. The molecule has 0 fully saturated rings. The van der Waals surface area contributed by atoms with Crippen LogP contribution in [0.1, 0.15) is 39.0 Å². The van der Waals surface area contributed by atoms with E-state index < -0.39 is 5.97 Å². The molecule has 1 aliphatic rings. The fourth-order valence-electron chi connectivity index (χ4n) is 3.27. The highest BCUT2D eigenvalue weighted by Gasteiger charge is 2.24. The molecule has 1 aliphatic carbocycles. The fourth-order valence-corrected chi connectivity index (χ4v) is 3.47. The van der Waals surface area contributed by atoms with Crippen LogP contribution in [0, 0.1) is 0 Å². The number of halogens is 1. The number of ketones is 1. The zero-order valence-corrected chi connectivity index (χ0v) is 16.0. The Bertz CT molecular complexity index is 1110. The standard InChI is InChI=1S/C23H17ClO4/c1-2-27-23(26)19-13-15(7-9-20(19)24)21-10-8-17(28-21)12-16-11-14-5-3-4-6-18(14)22(16)25/h3-10,12-13H,2,11H2,1H3/b16-12+. The van der Waals surface area contributed by atoms with Crippen LogP contribution >= 0.6 is 11.6 Å². The molecular weight excluding hydrogens is 376 g/mol. The number of furan rings is 1. The van der Waals surface area contributed by atoms with Crippen molar-refractivity contribution in [2.75, 3.05) is 6.61 Å². The van der Waals surface area contributed by atoms with Crippen molar-refractivity contribution in [3.8, 4) is 11.3 Å². The quantitative estimate of drug-likeness (QED) is 0.428. The van der Waals surface area contributed by atoms with E-state index in [1.165, 1.54) is 0 Å². The topological polar surface area (TPSA) is 56.5 Å². The Morgan fingerprint density at radius 2 is 2.00 bits per heavy atom. The third-order valence-electron chi connectivity index (χ3n) is 4.62. The fraction of sp³-hybridized carbons (Fsp3) is 0.130. The molecule has 3 aromatic rings. The maximum absolute atomic E-state index is 12.5. The number of allylic oxidation sites excluding steroid dienone is 1. The van der Waals surface area contributed by atoms with Gasteiger partial charge in [-0.05, 0) is 48.9 Å². The van der Waals surface area contributed by atoms with Crippen molar-refractivity contribution >= 4 is 29.4 Å². The first-order valence-corrected chi connectivity index (χ1v) is 9.34. The molecule has 0 atom stereocenters. The molecule has 0 bridgehead atoms. The highest BCUT2D eigenvalue weighted by molar-refractivity contribution is 6.33. The zero-order chi connectivity index (χ0) is 19.7. The molecule has 0 spiro atoms. The van der Waals surface area contributed by atoms with Crippen molar-refractivity contribution < 1.29 is 18.7 Å². The van der Waals surface area contributed by atoms with E-state index in [-0.39, 0.29) is 12.4 Å². The number of hydrogen-bond acceptors (Lipinski definition) is 4. The second-order valence-corrected chi connectivity index (χ2v) is 6.86. The van der Waals surface area contributed by atoms with Gasteiger partial charge in [0.05, 0.1) is 17.2 Å². The average Bonchev–Trinajstić information content (AvgIpc) is 3.28. The smallest absolute Gasteiger partial charge is 0.339 e. The first-order valence-electron chi connectivity index (χ1n) is 8.97. The summed E-state index contributed by atoms with van der Waals surface area (Å²) in [5.74, 6) is 0.720. The maximum Gasteiger partial charge on any atom is 0.339 e. The van der Waals surface area contributed by atoms with Crippen LogP contribution in [0.2, 0.25) is 5.02 Å². The van der Waals surface area contributed by atoms with E-state index >= 15 is 0 Å². The lowest BCUT2D eigenvalue weighted by Crippen LogP contribution is -2.05. The number of carbonyl (C=O) groups excluding carboxylic acids is 2. The van der Waals surface area contributed by atoms with E-state index in [0.29, 0.717) is 39.7 Å². The summed E-state index contributed by atoms with van der Waals surface area (Å²) in [4.78, 5) is 24.6. The van der Waals surface area contributed by atoms with Crippen LogP contribution in [-0.4, -0.2) is 18.4 Å². The summed E-state index contributed by atoms with van der Waals surface area (Å²) >= 11 is 6.11. The molecule has 0 saturated carbocycles. The van der Waals surface area contributed by atoms with E-state index in [1.54, 1.807) is 43.3 Å². The lowest BCUT2D eigenvalue weighted by atomic mass is 10.1. The van der Waals surface area contributed by atoms with E-state index in [4.69, 9.17) is 20.8 Å². The Morgan fingerprint density at radius 3 is 2.79 bits per heavy atom. The van der Waals surface area contributed by atoms with E-state index in [0.717, 1.165) is 11.1 Å². The molecule has 5 heteroatoms. The van der Waals surface area contributed by atoms with Gasteiger partial charge in [0.25, 0.3) is 0 Å². The van der Waals surface area contributed by atoms with Gasteiger partial charge in [0.15, 0.2) is 5.78 Å². The van der Waals surface area contributed by atoms with Gasteiger partial charge in [-0.1, -0.05) is 35.9 Å². The van der Waals surface area contributed by atoms with Gasteiger partial charge in [0, 0.05) is 23.1 Å². The minimum absolute atomic E-state index is 0.0321. The van der Waals surface area contributed by atoms with Crippen LogP contribution in [0.4, 0.5) is 0 Å². The van der Waals surface area contributed by atoms with Crippen LogP contribution in [0.25, 0.3) is 17.4 Å². The Morgan fingerprint density at radius 1 is 1.18 bits per heavy atom. The molecular formula is C23H17ClO4. The zero-order valence-electron chi connectivity index (χ0n) is 15.2. The SMILES string of the molecule is CCOC(=O)c1cc(-c2ccc(/C=C3\Cc4ccccc4C3=O)o2)ccc1Cl. The third-order valence-corrected chi connectivity index (χ3v) is 4.95. The molecule has 1 heterocycles. The molecule has 1 aromatic heterocycles. The molecule has 28 heavy (non-hydrogen) atoms. The number of ether oxygens (including phenoxy) is 1. The molecule has 4 nitrogen and oxygen atoms in total. The summed E-state index contributed by atoms with van der Waals surface area (Å²) in [6.07, 6.45) is 2.37. The Labute approximate surface area is 167 Å². The summed E-state index contributed by atoms with van der Waals surface area (Å²) in [7, 11) is 0. The highest BCUT2D eigenvalue weighted by atomic mass is 35.5. The second-order valence-electron chi connectivity index (χ2n) is 6.45. The summed E-state index contributed by atoms with van der Waals surface area (Å²) in [6.45, 7) is 2.01. The van der Waals surface area contributed by atoms with Gasteiger partial charge < -0.3 is 9.15 Å². The Kier molecular flexibility index (Phi) is 4.88. The third kappa shape index (κ3) is 3.39. The molecule has 0 unspecified atom stereocenters. The number of Topliss-reactive ketones (excluding diaryl/α,β-unsaturated/α-hetero) is 1. The van der Waals surface area contributed by atoms with Crippen molar-refractivity contribution in [2.24, 2.45) is 0 Å². The van der Waals surface area contributed by atoms with Crippen LogP contribution in [0.3, 0.4) is 0 Å². The number of rotatable bonds is 4. The predicted octanol–water partition coefficient (Wildman–Crippen LogP) is 5.60. The van der Waals surface area contributed by atoms with Crippen LogP contribution in [0.15, 0.2) is 64.6 Å². The van der Waals surface area contributed by atoms with E-state index in [1.807, 2.05) is 24.3 Å². The molecule has 0 N–H and O–H groups in total. The molecule has 0 radical (unpaired) electrons. The van der Waals surface area contributed by atoms with Gasteiger partial charge in [-0.3, -0.25) is 4.79 Å². The van der Waals surface area contributed by atoms with Crippen molar-refractivity contribution in [1.29, 1.82) is 0 Å². The van der Waals surface area contributed by atoms with Crippen LogP contribution in [-0.2, 0) is 11.2 Å². The molecule has 0 amide bonds. The van der Waals surface area contributed by atoms with Gasteiger partial charge in [0.2, 0.25) is 0 Å². The van der Waals surface area contributed by atoms with Gasteiger partial charge in [-0.15, -0.1) is 0 Å². The summed E-state index contributed by atoms with van der Waals surface area (Å²) in [5.41, 5.74) is 3.47. The number of benzene rings is 2. The molecule has 0 saturated heterocycles. The number of carbonyl (C=O) groups is 2. The van der Waals surface area contributed by atoms with Gasteiger partial charge in [-0.2, -0.15) is 0 Å². The summed E-state index contributed by atoms with van der Waals surface area (Å²) in [6, 6.07) is 16.3. The maximum atomic E-state index is 12.5. The monoisotopic (exact) mass is 392 g/mol.